The van der Waals surface area contributed by atoms with Gasteiger partial charge in [-0.15, -0.1) is 0 Å². The van der Waals surface area contributed by atoms with Crippen molar-refractivity contribution in [1.29, 1.82) is 0 Å². The van der Waals surface area contributed by atoms with Gasteiger partial charge in [-0.25, -0.2) is 4.79 Å². The highest BCUT2D eigenvalue weighted by Crippen LogP contribution is 2.30. The van der Waals surface area contributed by atoms with E-state index in [1.807, 2.05) is 0 Å². The van der Waals surface area contributed by atoms with Crippen LogP contribution < -0.4 is 0 Å². The van der Waals surface area contributed by atoms with Crippen molar-refractivity contribution in [3.8, 4) is 0 Å². The fourth-order valence-electron chi connectivity index (χ4n) is 5.29. The first-order valence-electron chi connectivity index (χ1n) is 17.7. The minimum atomic E-state index is -2.58. The summed E-state index contributed by atoms with van der Waals surface area (Å²) in [5, 5.41) is 0. The van der Waals surface area contributed by atoms with Gasteiger partial charge in [-0.3, -0.25) is 0 Å². The van der Waals surface area contributed by atoms with Crippen molar-refractivity contribution in [3.05, 3.63) is 12.2 Å². The summed E-state index contributed by atoms with van der Waals surface area (Å²) in [6.45, 7) is 37.8. The van der Waals surface area contributed by atoms with Crippen molar-refractivity contribution in [2.24, 2.45) is 0 Å². The van der Waals surface area contributed by atoms with Crippen LogP contribution in [0.4, 0.5) is 0 Å². The highest BCUT2D eigenvalue weighted by molar-refractivity contribution is 6.92. The predicted octanol–water partition coefficient (Wildman–Crippen LogP) is 9.30. The van der Waals surface area contributed by atoms with Crippen molar-refractivity contribution in [2.75, 3.05) is 6.61 Å². The van der Waals surface area contributed by atoms with Gasteiger partial charge in [0.15, 0.2) is 16.6 Å². The van der Waals surface area contributed by atoms with Crippen LogP contribution in [0.15, 0.2) is 12.2 Å². The molecule has 0 bridgehead atoms. The molecule has 0 heterocycles. The maximum absolute atomic E-state index is 11.6. The second kappa shape index (κ2) is 15.5. The molecule has 0 unspecified atom stereocenters. The molecule has 0 spiro atoms. The van der Waals surface area contributed by atoms with E-state index in [-0.39, 0.29) is 7.40 Å². The lowest BCUT2D eigenvalue weighted by atomic mass is 10.4. The predicted molar refractivity (Wildman–Crippen MR) is 192 cm³/mol. The first-order valence-corrected chi connectivity index (χ1v) is 35.0. The van der Waals surface area contributed by atoms with E-state index < -0.39 is 59.4 Å². The second-order valence-electron chi connectivity index (χ2n) is 14.3. The molecule has 0 aromatic carbocycles. The Morgan fingerprint density at radius 2 is 0.900 bits per heavy atom. The van der Waals surface area contributed by atoms with Gasteiger partial charge in [0.25, 0.3) is 0 Å². The van der Waals surface area contributed by atoms with Gasteiger partial charge in [0.05, 0.1) is 6.61 Å². The highest BCUT2D eigenvalue weighted by atomic mass is 28.5. The molecular weight excluding hydrogens is 625 g/mol. The van der Waals surface area contributed by atoms with E-state index >= 15 is 0 Å². The van der Waals surface area contributed by atoms with E-state index in [0.717, 1.165) is 18.5 Å². The largest absolute Gasteiger partial charge is 0.462 e. The Bertz CT molecular complexity index is 859. The smallest absolute Gasteiger partial charge is 0.333 e. The molecule has 0 atom stereocenters. The summed E-state index contributed by atoms with van der Waals surface area (Å²) in [5.41, 5.74) is 0.419. The molecule has 8 nitrogen and oxygen atoms in total. The van der Waals surface area contributed by atoms with Crippen LogP contribution in [0.2, 0.25) is 104 Å². The number of unbranched alkanes of at least 4 members (excludes halogenated alkanes) is 1. The molecule has 0 saturated heterocycles. The van der Waals surface area contributed by atoms with Gasteiger partial charge < -0.3 is 29.4 Å². The summed E-state index contributed by atoms with van der Waals surface area (Å²) in [6, 6.07) is 2.02. The van der Waals surface area contributed by atoms with Gasteiger partial charge in [-0.1, -0.05) is 26.3 Å². The third-order valence-corrected chi connectivity index (χ3v) is 32.8. The van der Waals surface area contributed by atoms with Gasteiger partial charge in [-0.05, 0) is 117 Å². The van der Waals surface area contributed by atoms with Gasteiger partial charge >= 0.3 is 48.8 Å². The van der Waals surface area contributed by atoms with Crippen LogP contribution in [-0.4, -0.2) is 72.0 Å². The Hall–Kier alpha value is 0.488. The van der Waals surface area contributed by atoms with Crippen LogP contribution in [0.5, 0.6) is 0 Å². The number of esters is 1. The summed E-state index contributed by atoms with van der Waals surface area (Å²) in [4.78, 5) is 11.6. The van der Waals surface area contributed by atoms with Crippen molar-refractivity contribution < 1.29 is 44.6 Å². The lowest BCUT2D eigenvalue weighted by molar-refractivity contribution is -0.138. The average Bonchev–Trinajstić information content (AvgIpc) is 2.84. The Morgan fingerprint density at radius 1 is 0.600 bits per heavy atom. The van der Waals surface area contributed by atoms with Crippen LogP contribution in [0, 0.1) is 0 Å². The minimum Gasteiger partial charge on any atom is -0.462 e. The van der Waals surface area contributed by atoms with E-state index in [1.54, 1.807) is 6.92 Å². The van der Waals surface area contributed by atoms with Gasteiger partial charge in [0, 0.05) is 15.9 Å². The third-order valence-electron chi connectivity index (χ3n) is 5.65. The molecule has 0 radical (unpaired) electrons. The Kier molecular flexibility index (Phi) is 13.5. The lowest BCUT2D eigenvalue weighted by Crippen LogP contribution is -2.60. The zero-order valence-electron chi connectivity index (χ0n) is 34.7. The van der Waals surface area contributed by atoms with Gasteiger partial charge in [0.1, 0.15) is 0 Å². The fraction of sp³-hybridized carbons (Fsp3) is 0.880. The number of carbonyl (C=O) groups is 1. The Labute approximate surface area is 265 Å². The zero-order chi connectivity index (χ0) is 37.8. The van der Waals surface area contributed by atoms with Crippen LogP contribution in [-0.2, 0) is 34.2 Å². The molecule has 0 rings (SSSR count). The molecule has 0 aromatic heterocycles. The number of hydrogen-bond donors (Lipinski definition) is 0. The summed E-state index contributed by atoms with van der Waals surface area (Å²) in [7, 11) is -16.4. The SMILES string of the molecule is C=C(C)C(=O)OCCC[Si](C)(C)O[Si](C)(C)O[Si](C)(C)O[Si](C)(C)O[Si](C)(C)O[Si](C)(C)O[Si](C)(C)CCCC.[2HH].[2H][2H].[2H][2H].[2H][2H]. The van der Waals surface area contributed by atoms with Crippen molar-refractivity contribution in [1.82, 2.24) is 0 Å². The molecule has 246 valence electrons. The summed E-state index contributed by atoms with van der Waals surface area (Å²) in [6.07, 6.45) is 3.14. The van der Waals surface area contributed by atoms with Gasteiger partial charge in [-0.2, -0.15) is 0 Å². The van der Waals surface area contributed by atoms with Gasteiger partial charge in [0.2, 0.25) is 0 Å². The number of ether oxygens (including phenoxy) is 1. The molecule has 0 aromatic rings. The van der Waals surface area contributed by atoms with Crippen LogP contribution >= 0.6 is 0 Å². The summed E-state index contributed by atoms with van der Waals surface area (Å²) in [5.74, 6) is -0.343. The van der Waals surface area contributed by atoms with E-state index in [2.05, 4.69) is 105 Å². The van der Waals surface area contributed by atoms with E-state index in [9.17, 15) is 4.79 Å². The maximum Gasteiger partial charge on any atom is 0.333 e. The molecule has 15 heteroatoms. The standard InChI is InChI=1S/C25H62O8Si7.4H2/c1-18-19-22-34(4,5)28-36(8,9)30-38(12,13)32-40(16,17)33-39(14,15)31-37(10,11)29-35(6,7)23-20-21-27-25(26)24(2)3;;;;/h2,18-23H2,1,3-17H3;4*1H/i;3*1+1D;1+1. The molecule has 40 heavy (non-hydrogen) atoms. The van der Waals surface area contributed by atoms with E-state index in [0.29, 0.717) is 12.2 Å². The monoisotopic (exact) mass is 701 g/mol. The molecule has 0 fully saturated rings. The lowest BCUT2D eigenvalue weighted by Gasteiger charge is -2.44. The first kappa shape index (κ1) is 35.0. The van der Waals surface area contributed by atoms with E-state index in [1.165, 1.54) is 12.8 Å². The molecular formula is C25H70O8Si7. The minimum absolute atomic E-state index is 0. The molecule has 0 aliphatic rings. The molecule has 0 N–H and O–H groups in total. The second-order valence-corrected chi connectivity index (χ2v) is 41.2. The molecule has 0 saturated carbocycles. The Morgan fingerprint density at radius 3 is 1.20 bits per heavy atom. The van der Waals surface area contributed by atoms with Crippen molar-refractivity contribution >= 4 is 65.4 Å². The maximum atomic E-state index is 11.6. The van der Waals surface area contributed by atoms with E-state index in [4.69, 9.17) is 38.3 Å². The zero-order valence-corrected chi connectivity index (χ0v) is 35.7. The number of rotatable bonds is 20. The molecule has 0 aliphatic heterocycles. The number of carbonyl (C=O) groups excluding carboxylic acids is 1. The van der Waals surface area contributed by atoms with Crippen LogP contribution in [0.1, 0.15) is 43.4 Å². The normalized spacial score (nSPS) is 15.0. The summed E-state index contributed by atoms with van der Waals surface area (Å²) < 4.78 is 75.4. The fourth-order valence-corrected chi connectivity index (χ4v) is 40.6. The first-order chi connectivity index (χ1) is 20.6. The Balaban J connectivity index is -0.000000789. The average molecular weight is 702 g/mol. The molecule has 0 aliphatic carbocycles. The molecule has 0 amide bonds. The topological polar surface area (TPSA) is 81.7 Å². The number of hydrogen-bond acceptors (Lipinski definition) is 8. The summed E-state index contributed by atoms with van der Waals surface area (Å²) >= 11 is 0. The van der Waals surface area contributed by atoms with Crippen molar-refractivity contribution in [3.63, 3.8) is 0 Å². The highest BCUT2D eigenvalue weighted by Gasteiger charge is 2.48. The van der Waals surface area contributed by atoms with Crippen LogP contribution in [0.3, 0.4) is 0 Å². The van der Waals surface area contributed by atoms with Crippen molar-refractivity contribution in [2.45, 2.75) is 137 Å². The quantitative estimate of drug-likeness (QED) is 0.0538. The van der Waals surface area contributed by atoms with Crippen LogP contribution in [0.25, 0.3) is 0 Å². The third kappa shape index (κ3) is 18.9.